The van der Waals surface area contributed by atoms with Crippen molar-refractivity contribution in [3.63, 3.8) is 0 Å². The Kier molecular flexibility index (Phi) is 3.83. The smallest absolute Gasteiger partial charge is 0.170 e. The van der Waals surface area contributed by atoms with Crippen molar-refractivity contribution in [3.05, 3.63) is 35.4 Å². The molecule has 0 amide bonds. The van der Waals surface area contributed by atoms with Crippen molar-refractivity contribution in [2.24, 2.45) is 10.9 Å². The van der Waals surface area contributed by atoms with Crippen LogP contribution in [-0.2, 0) is 0 Å². The molecular formula is C10H11N3O3. The van der Waals surface area contributed by atoms with Crippen molar-refractivity contribution < 1.29 is 15.4 Å². The fourth-order valence-corrected chi connectivity index (χ4v) is 1.16. The van der Waals surface area contributed by atoms with E-state index < -0.39 is 12.2 Å². The van der Waals surface area contributed by atoms with Crippen LogP contribution < -0.4 is 5.73 Å². The van der Waals surface area contributed by atoms with Gasteiger partial charge >= 0.3 is 0 Å². The summed E-state index contributed by atoms with van der Waals surface area (Å²) in [5, 5.41) is 38.3. The molecule has 2 atom stereocenters. The number of nitrogens with zero attached hydrogens (tertiary/aromatic N) is 2. The minimum Gasteiger partial charge on any atom is -0.409 e. The first kappa shape index (κ1) is 12.0. The van der Waals surface area contributed by atoms with Gasteiger partial charge in [-0.2, -0.15) is 5.26 Å². The van der Waals surface area contributed by atoms with E-state index in [9.17, 15) is 5.11 Å². The highest BCUT2D eigenvalue weighted by molar-refractivity contribution is 5.96. The Morgan fingerprint density at radius 1 is 1.31 bits per heavy atom. The molecule has 6 nitrogen and oxygen atoms in total. The van der Waals surface area contributed by atoms with Crippen LogP contribution in [0.3, 0.4) is 0 Å². The molecule has 0 saturated carbocycles. The normalized spacial score (nSPS) is 15.2. The zero-order valence-electron chi connectivity index (χ0n) is 8.28. The molecule has 1 aromatic rings. The maximum Gasteiger partial charge on any atom is 0.170 e. The quantitative estimate of drug-likeness (QED) is 0.183. The summed E-state index contributed by atoms with van der Waals surface area (Å²) < 4.78 is 0. The second-order valence-electron chi connectivity index (χ2n) is 3.13. The van der Waals surface area contributed by atoms with Crippen LogP contribution in [-0.4, -0.2) is 27.4 Å². The molecule has 16 heavy (non-hydrogen) atoms. The van der Waals surface area contributed by atoms with Gasteiger partial charge in [-0.1, -0.05) is 29.4 Å². The van der Waals surface area contributed by atoms with Gasteiger partial charge in [0.05, 0.1) is 6.07 Å². The van der Waals surface area contributed by atoms with Gasteiger partial charge in [0.15, 0.2) is 11.9 Å². The highest BCUT2D eigenvalue weighted by Gasteiger charge is 2.17. The molecule has 84 valence electrons. The van der Waals surface area contributed by atoms with Crippen LogP contribution in [0.5, 0.6) is 0 Å². The Bertz CT molecular complexity index is 422. The molecule has 0 aliphatic rings. The number of hydrogen-bond acceptors (Lipinski definition) is 5. The number of aliphatic hydroxyl groups is 2. The molecule has 0 aliphatic heterocycles. The van der Waals surface area contributed by atoms with Crippen LogP contribution >= 0.6 is 0 Å². The topological polar surface area (TPSA) is 123 Å². The Labute approximate surface area is 91.9 Å². The SMILES string of the molecule is N#CC(O)C(O)c1ccc(C(N)=NO)cc1. The molecule has 1 aromatic carbocycles. The van der Waals surface area contributed by atoms with Gasteiger partial charge in [-0.05, 0) is 5.56 Å². The molecule has 0 fully saturated rings. The van der Waals surface area contributed by atoms with Gasteiger partial charge < -0.3 is 21.2 Å². The van der Waals surface area contributed by atoms with Crippen LogP contribution in [0, 0.1) is 11.3 Å². The summed E-state index contributed by atoms with van der Waals surface area (Å²) in [4.78, 5) is 0. The van der Waals surface area contributed by atoms with Gasteiger partial charge in [0, 0.05) is 5.56 Å². The second kappa shape index (κ2) is 5.11. The molecule has 0 bridgehead atoms. The number of oxime groups is 1. The average molecular weight is 221 g/mol. The summed E-state index contributed by atoms with van der Waals surface area (Å²) in [6.07, 6.45) is -2.75. The van der Waals surface area contributed by atoms with Crippen LogP contribution in [0.4, 0.5) is 0 Å². The number of nitrogens with two attached hydrogens (primary N) is 1. The van der Waals surface area contributed by atoms with Crippen LogP contribution in [0.15, 0.2) is 29.4 Å². The van der Waals surface area contributed by atoms with E-state index in [1.807, 2.05) is 0 Å². The first-order valence-corrected chi connectivity index (χ1v) is 4.43. The summed E-state index contributed by atoms with van der Waals surface area (Å²) in [5.41, 5.74) is 6.20. The van der Waals surface area contributed by atoms with Gasteiger partial charge in [-0.25, -0.2) is 0 Å². The van der Waals surface area contributed by atoms with Crippen LogP contribution in [0.1, 0.15) is 17.2 Å². The van der Waals surface area contributed by atoms with Crippen molar-refractivity contribution in [2.75, 3.05) is 0 Å². The van der Waals surface area contributed by atoms with Crippen molar-refractivity contribution in [2.45, 2.75) is 12.2 Å². The predicted octanol–water partition coefficient (Wildman–Crippen LogP) is -0.301. The lowest BCUT2D eigenvalue weighted by Crippen LogP contribution is -2.17. The Morgan fingerprint density at radius 2 is 1.88 bits per heavy atom. The van der Waals surface area contributed by atoms with Gasteiger partial charge in [0.1, 0.15) is 6.10 Å². The highest BCUT2D eigenvalue weighted by Crippen LogP contribution is 2.17. The van der Waals surface area contributed by atoms with Crippen molar-refractivity contribution in [1.29, 1.82) is 5.26 Å². The molecule has 0 saturated heterocycles. The molecular weight excluding hydrogens is 210 g/mol. The Morgan fingerprint density at radius 3 is 2.31 bits per heavy atom. The summed E-state index contributed by atoms with van der Waals surface area (Å²) in [7, 11) is 0. The first-order chi connectivity index (χ1) is 7.60. The van der Waals surface area contributed by atoms with E-state index in [0.29, 0.717) is 11.1 Å². The van der Waals surface area contributed by atoms with E-state index >= 15 is 0 Å². The molecule has 1 rings (SSSR count). The molecule has 0 spiro atoms. The fraction of sp³-hybridized carbons (Fsp3) is 0.200. The predicted molar refractivity (Wildman–Crippen MR) is 55.5 cm³/mol. The minimum atomic E-state index is -1.48. The zero-order chi connectivity index (χ0) is 12.1. The third-order valence-electron chi connectivity index (χ3n) is 2.09. The lowest BCUT2D eigenvalue weighted by atomic mass is 10.0. The summed E-state index contributed by atoms with van der Waals surface area (Å²) in [6, 6.07) is 7.52. The van der Waals surface area contributed by atoms with Gasteiger partial charge in [-0.15, -0.1) is 0 Å². The van der Waals surface area contributed by atoms with Gasteiger partial charge in [0.25, 0.3) is 0 Å². The molecule has 0 aromatic heterocycles. The molecule has 0 heterocycles. The zero-order valence-corrected chi connectivity index (χ0v) is 8.28. The molecule has 0 aliphatic carbocycles. The van der Waals surface area contributed by atoms with E-state index in [1.165, 1.54) is 30.3 Å². The average Bonchev–Trinajstić information content (AvgIpc) is 2.36. The molecule has 6 heteroatoms. The Balaban J connectivity index is 2.92. The van der Waals surface area contributed by atoms with E-state index in [4.69, 9.17) is 21.3 Å². The lowest BCUT2D eigenvalue weighted by molar-refractivity contribution is 0.0528. The Hall–Kier alpha value is -2.10. The van der Waals surface area contributed by atoms with E-state index in [2.05, 4.69) is 5.16 Å². The molecule has 2 unspecified atom stereocenters. The summed E-state index contributed by atoms with van der Waals surface area (Å²) >= 11 is 0. The summed E-state index contributed by atoms with van der Waals surface area (Å²) in [6.45, 7) is 0. The first-order valence-electron chi connectivity index (χ1n) is 4.43. The third-order valence-corrected chi connectivity index (χ3v) is 2.09. The second-order valence-corrected chi connectivity index (χ2v) is 3.13. The number of aliphatic hydroxyl groups excluding tert-OH is 2. The number of benzene rings is 1. The standard InChI is InChI=1S/C10H11N3O3/c11-5-8(14)9(15)6-1-3-7(4-2-6)10(12)13-16/h1-4,8-9,14-16H,(H2,12,13). The van der Waals surface area contributed by atoms with Crippen LogP contribution in [0.25, 0.3) is 0 Å². The van der Waals surface area contributed by atoms with Crippen molar-refractivity contribution in [1.82, 2.24) is 0 Å². The molecule has 0 radical (unpaired) electrons. The molecule has 5 N–H and O–H groups in total. The van der Waals surface area contributed by atoms with E-state index in [1.54, 1.807) is 0 Å². The van der Waals surface area contributed by atoms with Crippen molar-refractivity contribution in [3.8, 4) is 6.07 Å². The lowest BCUT2D eigenvalue weighted by Gasteiger charge is -2.12. The monoisotopic (exact) mass is 221 g/mol. The number of rotatable bonds is 3. The van der Waals surface area contributed by atoms with Crippen molar-refractivity contribution >= 4 is 5.84 Å². The summed E-state index contributed by atoms with van der Waals surface area (Å²) in [5.74, 6) is -0.0538. The highest BCUT2D eigenvalue weighted by atomic mass is 16.4. The number of nitriles is 1. The number of amidine groups is 1. The minimum absolute atomic E-state index is 0.0538. The number of hydrogen-bond donors (Lipinski definition) is 4. The van der Waals surface area contributed by atoms with Gasteiger partial charge in [-0.3, -0.25) is 0 Å². The maximum atomic E-state index is 9.49. The maximum absolute atomic E-state index is 9.49. The fourth-order valence-electron chi connectivity index (χ4n) is 1.16. The van der Waals surface area contributed by atoms with Crippen LogP contribution in [0.2, 0.25) is 0 Å². The third kappa shape index (κ3) is 2.48. The van der Waals surface area contributed by atoms with Gasteiger partial charge in [0.2, 0.25) is 0 Å². The van der Waals surface area contributed by atoms with E-state index in [-0.39, 0.29) is 5.84 Å². The largest absolute Gasteiger partial charge is 0.409 e. The van der Waals surface area contributed by atoms with E-state index in [0.717, 1.165) is 0 Å².